The van der Waals surface area contributed by atoms with Gasteiger partial charge in [0.2, 0.25) is 0 Å². The van der Waals surface area contributed by atoms with Crippen LogP contribution in [0, 0.1) is 0 Å². The summed E-state index contributed by atoms with van der Waals surface area (Å²) in [5.74, 6) is 0. The highest BCUT2D eigenvalue weighted by Gasteiger charge is 2.20. The molecule has 0 unspecified atom stereocenters. The molecule has 2 nitrogen and oxygen atoms in total. The summed E-state index contributed by atoms with van der Waals surface area (Å²) in [5.41, 5.74) is 12.1. The van der Waals surface area contributed by atoms with E-state index in [0.717, 1.165) is 50.1 Å². The number of hydrogen-bond acceptors (Lipinski definition) is 2. The van der Waals surface area contributed by atoms with Gasteiger partial charge in [0, 0.05) is 27.7 Å². The zero-order valence-corrected chi connectivity index (χ0v) is 32.7. The molecule has 60 heavy (non-hydrogen) atoms. The van der Waals surface area contributed by atoms with Gasteiger partial charge in [-0.1, -0.05) is 164 Å². The first-order valence-corrected chi connectivity index (χ1v) is 20.6. The van der Waals surface area contributed by atoms with Crippen LogP contribution in [0.25, 0.3) is 98.4 Å². The van der Waals surface area contributed by atoms with Crippen molar-refractivity contribution in [2.24, 2.45) is 0 Å². The topological polar surface area (TPSA) is 16.4 Å². The molecule has 2 heteroatoms. The summed E-state index contributed by atoms with van der Waals surface area (Å²) in [6.45, 7) is 0. The van der Waals surface area contributed by atoms with Gasteiger partial charge in [0.15, 0.2) is 0 Å². The van der Waals surface area contributed by atoms with Crippen LogP contribution in [0.2, 0.25) is 0 Å². The number of benzene rings is 11. The number of furan rings is 1. The van der Waals surface area contributed by atoms with Crippen molar-refractivity contribution in [1.82, 2.24) is 0 Å². The van der Waals surface area contributed by atoms with E-state index in [1.165, 1.54) is 65.3 Å². The molecule has 0 radical (unpaired) electrons. The van der Waals surface area contributed by atoms with Crippen molar-refractivity contribution < 1.29 is 4.42 Å². The van der Waals surface area contributed by atoms with Crippen LogP contribution in [0.15, 0.2) is 229 Å². The van der Waals surface area contributed by atoms with Gasteiger partial charge in [-0.15, -0.1) is 0 Å². The van der Waals surface area contributed by atoms with Crippen molar-refractivity contribution in [3.63, 3.8) is 0 Å². The second-order valence-corrected chi connectivity index (χ2v) is 15.7. The van der Waals surface area contributed by atoms with Crippen LogP contribution in [0.3, 0.4) is 0 Å². The molecule has 1 aromatic heterocycles. The lowest BCUT2D eigenvalue weighted by Gasteiger charge is -2.28. The van der Waals surface area contributed by atoms with Crippen LogP contribution < -0.4 is 4.90 Å². The number of fused-ring (bicyclic) bond motifs is 8. The van der Waals surface area contributed by atoms with Gasteiger partial charge in [-0.05, 0) is 132 Å². The standard InChI is InChI=1S/C58H37NO/c1-2-14-42-37-58-55(34-41(42)13-1)54-36-44(28-33-57(54)60-58)50-19-9-10-23-56(50)59(45-29-24-39(25-30-45)48-22-11-16-38-12-3-5-17-47(38)48)46-31-26-40(27-32-46)53-35-43-15-4-6-18-49(43)51-20-7-8-21-52(51)53/h1-37H. The maximum absolute atomic E-state index is 6.43. The molecular weight excluding hydrogens is 727 g/mol. The molecule has 11 aromatic carbocycles. The Labute approximate surface area is 347 Å². The van der Waals surface area contributed by atoms with Gasteiger partial charge in [-0.3, -0.25) is 0 Å². The molecule has 0 aliphatic rings. The molecule has 1 heterocycles. The van der Waals surface area contributed by atoms with Crippen molar-refractivity contribution in [1.29, 1.82) is 0 Å². The second kappa shape index (κ2) is 13.9. The zero-order chi connectivity index (χ0) is 39.6. The van der Waals surface area contributed by atoms with Gasteiger partial charge in [0.05, 0.1) is 5.69 Å². The molecule has 0 atom stereocenters. The molecule has 12 aromatic rings. The average molecular weight is 764 g/mol. The van der Waals surface area contributed by atoms with E-state index >= 15 is 0 Å². The number of rotatable bonds is 6. The van der Waals surface area contributed by atoms with Gasteiger partial charge in [0.1, 0.15) is 11.2 Å². The van der Waals surface area contributed by atoms with E-state index in [4.69, 9.17) is 4.42 Å². The first kappa shape index (κ1) is 34.1. The summed E-state index contributed by atoms with van der Waals surface area (Å²) >= 11 is 0. The third kappa shape index (κ3) is 5.65. The third-order valence-electron chi connectivity index (χ3n) is 12.2. The van der Waals surface area contributed by atoms with E-state index in [9.17, 15) is 0 Å². The Kier molecular flexibility index (Phi) is 7.89. The van der Waals surface area contributed by atoms with Crippen LogP contribution >= 0.6 is 0 Å². The van der Waals surface area contributed by atoms with Crippen molar-refractivity contribution in [2.45, 2.75) is 0 Å². The Morgan fingerprint density at radius 2 is 0.800 bits per heavy atom. The normalized spacial score (nSPS) is 11.7. The van der Waals surface area contributed by atoms with Gasteiger partial charge in [0.25, 0.3) is 0 Å². The van der Waals surface area contributed by atoms with Crippen molar-refractivity contribution >= 4 is 82.1 Å². The van der Waals surface area contributed by atoms with E-state index in [1.54, 1.807) is 0 Å². The number of nitrogens with zero attached hydrogens (tertiary/aromatic N) is 1. The monoisotopic (exact) mass is 763 g/mol. The Morgan fingerprint density at radius 3 is 1.57 bits per heavy atom. The molecule has 0 saturated heterocycles. The Hall–Kier alpha value is -7.94. The fraction of sp³-hybridized carbons (Fsp3) is 0. The summed E-state index contributed by atoms with van der Waals surface area (Å²) in [5, 5.41) is 12.2. The van der Waals surface area contributed by atoms with Gasteiger partial charge in [-0.2, -0.15) is 0 Å². The summed E-state index contributed by atoms with van der Waals surface area (Å²) in [6, 6.07) is 81.4. The molecule has 0 N–H and O–H groups in total. The molecule has 0 aliphatic heterocycles. The van der Waals surface area contributed by atoms with E-state index in [-0.39, 0.29) is 0 Å². The quantitative estimate of drug-likeness (QED) is 0.157. The van der Waals surface area contributed by atoms with Gasteiger partial charge >= 0.3 is 0 Å². The van der Waals surface area contributed by atoms with E-state index in [1.807, 2.05) is 0 Å². The van der Waals surface area contributed by atoms with Crippen LogP contribution in [0.4, 0.5) is 17.1 Å². The molecule has 280 valence electrons. The van der Waals surface area contributed by atoms with E-state index in [2.05, 4.69) is 229 Å². The van der Waals surface area contributed by atoms with Crippen LogP contribution in [-0.4, -0.2) is 0 Å². The second-order valence-electron chi connectivity index (χ2n) is 15.7. The van der Waals surface area contributed by atoms with Gasteiger partial charge < -0.3 is 9.32 Å². The predicted molar refractivity (Wildman–Crippen MR) is 255 cm³/mol. The molecule has 12 rings (SSSR count). The SMILES string of the molecule is c1ccc(N(c2ccc(-c3cccc4ccccc34)cc2)c2ccc(-c3cc4ccccc4c4ccccc34)cc2)c(-c2ccc3oc4cc5ccccc5cc4c3c2)c1. The fourth-order valence-corrected chi connectivity index (χ4v) is 9.32. The minimum Gasteiger partial charge on any atom is -0.456 e. The summed E-state index contributed by atoms with van der Waals surface area (Å²) in [6.07, 6.45) is 0. The van der Waals surface area contributed by atoms with E-state index < -0.39 is 0 Å². The van der Waals surface area contributed by atoms with Gasteiger partial charge in [-0.25, -0.2) is 0 Å². The molecule has 0 spiro atoms. The highest BCUT2D eigenvalue weighted by Crippen LogP contribution is 2.44. The lowest BCUT2D eigenvalue weighted by molar-refractivity contribution is 0.669. The smallest absolute Gasteiger partial charge is 0.136 e. The summed E-state index contributed by atoms with van der Waals surface area (Å²) in [4.78, 5) is 2.40. The highest BCUT2D eigenvalue weighted by atomic mass is 16.3. The Morgan fingerprint density at radius 1 is 0.267 bits per heavy atom. The maximum Gasteiger partial charge on any atom is 0.136 e. The fourth-order valence-electron chi connectivity index (χ4n) is 9.32. The van der Waals surface area contributed by atoms with Crippen molar-refractivity contribution in [2.75, 3.05) is 4.90 Å². The van der Waals surface area contributed by atoms with Crippen LogP contribution in [-0.2, 0) is 0 Å². The number of anilines is 3. The highest BCUT2D eigenvalue weighted by molar-refractivity contribution is 6.14. The molecule has 0 fully saturated rings. The summed E-state index contributed by atoms with van der Waals surface area (Å²) < 4.78 is 6.43. The lowest BCUT2D eigenvalue weighted by Crippen LogP contribution is -2.11. The Bertz CT molecular complexity index is 3590. The first-order chi connectivity index (χ1) is 29.7. The average Bonchev–Trinajstić information content (AvgIpc) is 3.67. The van der Waals surface area contributed by atoms with Crippen LogP contribution in [0.1, 0.15) is 0 Å². The molecular formula is C58H37NO. The molecule has 0 saturated carbocycles. The first-order valence-electron chi connectivity index (χ1n) is 20.6. The maximum atomic E-state index is 6.43. The number of hydrogen-bond donors (Lipinski definition) is 0. The zero-order valence-electron chi connectivity index (χ0n) is 32.7. The number of para-hydroxylation sites is 1. The van der Waals surface area contributed by atoms with Crippen LogP contribution in [0.5, 0.6) is 0 Å². The minimum atomic E-state index is 0.888. The summed E-state index contributed by atoms with van der Waals surface area (Å²) in [7, 11) is 0. The largest absolute Gasteiger partial charge is 0.456 e. The molecule has 0 bridgehead atoms. The van der Waals surface area contributed by atoms with Crippen molar-refractivity contribution in [3.05, 3.63) is 224 Å². The predicted octanol–water partition coefficient (Wildman–Crippen LogP) is 16.7. The van der Waals surface area contributed by atoms with E-state index in [0.29, 0.717) is 0 Å². The van der Waals surface area contributed by atoms with Crippen molar-refractivity contribution in [3.8, 4) is 33.4 Å². The lowest BCUT2D eigenvalue weighted by atomic mass is 9.93. The third-order valence-corrected chi connectivity index (χ3v) is 12.2. The molecule has 0 aliphatic carbocycles. The Balaban J connectivity index is 1.02. The molecule has 0 amide bonds. The minimum absolute atomic E-state index is 0.888.